The summed E-state index contributed by atoms with van der Waals surface area (Å²) in [7, 11) is -5.22. The van der Waals surface area contributed by atoms with Crippen LogP contribution in [0.4, 0.5) is 13.2 Å². The number of guanidine groups is 1. The van der Waals surface area contributed by atoms with Crippen LogP contribution in [0.1, 0.15) is 39.5 Å². The number of nitrogens with zero attached hydrogens (tertiary/aromatic N) is 2. The van der Waals surface area contributed by atoms with Crippen LogP contribution >= 0.6 is 0 Å². The van der Waals surface area contributed by atoms with Gasteiger partial charge in [-0.15, -0.1) is 0 Å². The van der Waals surface area contributed by atoms with Gasteiger partial charge < -0.3 is 15.4 Å². The van der Waals surface area contributed by atoms with Gasteiger partial charge in [-0.05, 0) is 45.4 Å². The van der Waals surface area contributed by atoms with Crippen LogP contribution in [0.3, 0.4) is 0 Å². The van der Waals surface area contributed by atoms with Crippen LogP contribution in [0.2, 0.25) is 0 Å². The summed E-state index contributed by atoms with van der Waals surface area (Å²) in [6, 6.07) is 0. The summed E-state index contributed by atoms with van der Waals surface area (Å²) in [6.07, 6.45) is 2.63. The third-order valence-corrected chi connectivity index (χ3v) is 5.90. The monoisotopic (exact) mass is 416 g/mol. The normalized spacial score (nSPS) is 17.9. The van der Waals surface area contributed by atoms with Gasteiger partial charge in [0.05, 0.1) is 0 Å². The van der Waals surface area contributed by atoms with E-state index in [9.17, 15) is 21.6 Å². The van der Waals surface area contributed by atoms with Crippen molar-refractivity contribution in [1.29, 1.82) is 0 Å². The third kappa shape index (κ3) is 8.22. The van der Waals surface area contributed by atoms with Gasteiger partial charge in [-0.2, -0.15) is 17.5 Å². The first-order valence-corrected chi connectivity index (χ1v) is 10.8. The van der Waals surface area contributed by atoms with Gasteiger partial charge in [0.25, 0.3) is 0 Å². The van der Waals surface area contributed by atoms with Gasteiger partial charge >= 0.3 is 15.5 Å². The molecular weight excluding hydrogens is 385 g/mol. The van der Waals surface area contributed by atoms with Gasteiger partial charge in [0.15, 0.2) is 5.96 Å². The van der Waals surface area contributed by atoms with Crippen LogP contribution < -0.4 is 10.6 Å². The number of piperidine rings is 1. The van der Waals surface area contributed by atoms with Crippen molar-refractivity contribution in [3.8, 4) is 0 Å². The predicted molar refractivity (Wildman–Crippen MR) is 99.0 cm³/mol. The minimum absolute atomic E-state index is 0.0677. The molecule has 0 aromatic heterocycles. The molecule has 0 spiro atoms. The Bertz CT molecular complexity index is 548. The lowest BCUT2D eigenvalue weighted by Crippen LogP contribution is -2.45. The molecule has 1 aliphatic heterocycles. The van der Waals surface area contributed by atoms with Crippen molar-refractivity contribution < 1.29 is 26.3 Å². The van der Waals surface area contributed by atoms with Crippen LogP contribution in [0.25, 0.3) is 0 Å². The molecule has 2 N–H and O–H groups in total. The van der Waals surface area contributed by atoms with Crippen LogP contribution in [0, 0.1) is 5.92 Å². The maximum atomic E-state index is 12.6. The van der Waals surface area contributed by atoms with Crippen molar-refractivity contribution in [3.05, 3.63) is 0 Å². The Balaban J connectivity index is 2.41. The topological polar surface area (TPSA) is 83.0 Å². The fourth-order valence-corrected chi connectivity index (χ4v) is 3.71. The number of alkyl halides is 3. The molecule has 0 atom stereocenters. The van der Waals surface area contributed by atoms with Crippen molar-refractivity contribution >= 4 is 16.0 Å². The fourth-order valence-electron chi connectivity index (χ4n) is 2.72. The van der Waals surface area contributed by atoms with Gasteiger partial charge in [0, 0.05) is 45.9 Å². The summed E-state index contributed by atoms with van der Waals surface area (Å²) in [6.45, 7) is 7.01. The second kappa shape index (κ2) is 11.7. The van der Waals surface area contributed by atoms with Crippen molar-refractivity contribution in [3.63, 3.8) is 0 Å². The first-order chi connectivity index (χ1) is 12.7. The SMILES string of the molecule is CCNC(=NCC1CCN(S(=O)(=O)C(F)(F)F)CC1)NCCCCOCC. The maximum absolute atomic E-state index is 12.6. The molecule has 27 heavy (non-hydrogen) atoms. The number of aliphatic imine (C=N–C) groups is 1. The lowest BCUT2D eigenvalue weighted by atomic mass is 9.98. The summed E-state index contributed by atoms with van der Waals surface area (Å²) in [4.78, 5) is 4.48. The van der Waals surface area contributed by atoms with E-state index in [0.29, 0.717) is 42.8 Å². The Labute approximate surface area is 159 Å². The van der Waals surface area contributed by atoms with E-state index in [2.05, 4.69) is 15.6 Å². The van der Waals surface area contributed by atoms with Gasteiger partial charge in [-0.25, -0.2) is 8.42 Å². The second-order valence-electron chi connectivity index (χ2n) is 6.34. The third-order valence-electron chi connectivity index (χ3n) is 4.27. The largest absolute Gasteiger partial charge is 0.511 e. The Morgan fingerprint density at radius 2 is 1.85 bits per heavy atom. The molecule has 1 saturated heterocycles. The molecule has 0 aromatic rings. The molecule has 0 bridgehead atoms. The molecule has 1 rings (SSSR count). The van der Waals surface area contributed by atoms with E-state index in [0.717, 1.165) is 26.0 Å². The maximum Gasteiger partial charge on any atom is 0.511 e. The number of ether oxygens (including phenoxy) is 1. The van der Waals surface area contributed by atoms with Crippen molar-refractivity contribution in [2.45, 2.75) is 45.0 Å². The van der Waals surface area contributed by atoms with Crippen LogP contribution in [-0.2, 0) is 14.8 Å². The molecule has 0 aliphatic carbocycles. The Kier molecular flexibility index (Phi) is 10.4. The first-order valence-electron chi connectivity index (χ1n) is 9.38. The van der Waals surface area contributed by atoms with E-state index in [4.69, 9.17) is 4.74 Å². The fraction of sp³-hybridized carbons (Fsp3) is 0.938. The quantitative estimate of drug-likeness (QED) is 0.323. The zero-order chi connectivity index (χ0) is 20.3. The highest BCUT2D eigenvalue weighted by atomic mass is 32.2. The van der Waals surface area contributed by atoms with Crippen LogP contribution in [0.15, 0.2) is 4.99 Å². The first kappa shape index (κ1) is 24.0. The molecule has 0 aromatic carbocycles. The minimum atomic E-state index is -5.23. The number of unbranched alkanes of at least 4 members (excludes halogenated alkanes) is 1. The number of hydrogen-bond acceptors (Lipinski definition) is 4. The molecule has 1 heterocycles. The zero-order valence-corrected chi connectivity index (χ0v) is 16.8. The Hall–Kier alpha value is -1.07. The van der Waals surface area contributed by atoms with Crippen molar-refractivity contribution in [1.82, 2.24) is 14.9 Å². The molecule has 7 nitrogen and oxygen atoms in total. The van der Waals surface area contributed by atoms with Gasteiger partial charge in [0.2, 0.25) is 0 Å². The zero-order valence-electron chi connectivity index (χ0n) is 16.0. The average molecular weight is 417 g/mol. The molecular formula is C16H31F3N4O3S. The van der Waals surface area contributed by atoms with E-state index >= 15 is 0 Å². The van der Waals surface area contributed by atoms with E-state index in [1.807, 2.05) is 13.8 Å². The number of halogens is 3. The van der Waals surface area contributed by atoms with E-state index in [-0.39, 0.29) is 19.0 Å². The van der Waals surface area contributed by atoms with E-state index in [1.54, 1.807) is 0 Å². The minimum Gasteiger partial charge on any atom is -0.382 e. The van der Waals surface area contributed by atoms with Gasteiger partial charge in [-0.3, -0.25) is 4.99 Å². The number of rotatable bonds is 10. The van der Waals surface area contributed by atoms with Crippen molar-refractivity contribution in [2.24, 2.45) is 10.9 Å². The average Bonchev–Trinajstić information content (AvgIpc) is 2.62. The van der Waals surface area contributed by atoms with E-state index in [1.165, 1.54) is 0 Å². The molecule has 0 unspecified atom stereocenters. The second-order valence-corrected chi connectivity index (χ2v) is 8.27. The predicted octanol–water partition coefficient (Wildman–Crippen LogP) is 1.92. The van der Waals surface area contributed by atoms with Crippen LogP contribution in [0.5, 0.6) is 0 Å². The number of nitrogens with one attached hydrogen (secondary N) is 2. The highest BCUT2D eigenvalue weighted by molar-refractivity contribution is 7.90. The summed E-state index contributed by atoms with van der Waals surface area (Å²) in [5, 5.41) is 6.35. The van der Waals surface area contributed by atoms with Crippen molar-refractivity contribution in [2.75, 3.05) is 45.9 Å². The van der Waals surface area contributed by atoms with Gasteiger partial charge in [0.1, 0.15) is 0 Å². The summed E-state index contributed by atoms with van der Waals surface area (Å²) < 4.78 is 66.4. The molecule has 0 radical (unpaired) electrons. The highest BCUT2D eigenvalue weighted by Crippen LogP contribution is 2.30. The lowest BCUT2D eigenvalue weighted by Gasteiger charge is -2.30. The molecule has 1 aliphatic rings. The molecule has 0 amide bonds. The standard InChI is InChI=1S/C16H31F3N4O3S/c1-3-20-15(21-9-5-6-12-26-4-2)22-13-14-7-10-23(11-8-14)27(24,25)16(17,18)19/h14H,3-13H2,1-2H3,(H2,20,21,22). The summed E-state index contributed by atoms with van der Waals surface area (Å²) in [5.41, 5.74) is -5.23. The Morgan fingerprint density at radius 1 is 1.19 bits per heavy atom. The highest BCUT2D eigenvalue weighted by Gasteiger charge is 2.50. The summed E-state index contributed by atoms with van der Waals surface area (Å²) >= 11 is 0. The smallest absolute Gasteiger partial charge is 0.382 e. The number of sulfonamides is 1. The Morgan fingerprint density at radius 3 is 2.41 bits per heavy atom. The molecule has 0 saturated carbocycles. The van der Waals surface area contributed by atoms with Gasteiger partial charge in [-0.1, -0.05) is 0 Å². The van der Waals surface area contributed by atoms with E-state index < -0.39 is 15.5 Å². The molecule has 11 heteroatoms. The number of hydrogen-bond donors (Lipinski definition) is 2. The molecule has 160 valence electrons. The van der Waals surface area contributed by atoms with Crippen LogP contribution in [-0.4, -0.2) is 70.1 Å². The molecule has 1 fully saturated rings. The lowest BCUT2D eigenvalue weighted by molar-refractivity contribution is -0.0496. The summed E-state index contributed by atoms with van der Waals surface area (Å²) in [5.74, 6) is 0.734.